The van der Waals surface area contributed by atoms with Gasteiger partial charge >= 0.3 is 6.18 Å². The molecule has 1 aliphatic heterocycles. The number of hydrogen-bond donors (Lipinski definition) is 1. The highest BCUT2D eigenvalue weighted by molar-refractivity contribution is 5.48. The molecule has 1 aliphatic rings. The molecule has 0 unspecified atom stereocenters. The molecule has 22 heavy (non-hydrogen) atoms. The number of alkyl halides is 3. The molecule has 4 nitrogen and oxygen atoms in total. The molecule has 0 aromatic carbocycles. The summed E-state index contributed by atoms with van der Waals surface area (Å²) in [6.07, 6.45) is -2.58. The lowest BCUT2D eigenvalue weighted by atomic mass is 10.1. The molecule has 124 valence electrons. The SMILES string of the molecule is CC(C)OC1CCN(c2nc(C(F)(F)F)ccc2CN)CC1. The lowest BCUT2D eigenvalue weighted by Gasteiger charge is -2.34. The zero-order chi connectivity index (χ0) is 16.3. The Labute approximate surface area is 128 Å². The molecule has 0 spiro atoms. The van der Waals surface area contributed by atoms with Gasteiger partial charge in [0.15, 0.2) is 0 Å². The highest BCUT2D eigenvalue weighted by Gasteiger charge is 2.34. The highest BCUT2D eigenvalue weighted by atomic mass is 19.4. The van der Waals surface area contributed by atoms with Gasteiger partial charge in [-0.1, -0.05) is 6.07 Å². The Bertz CT molecular complexity index is 497. The largest absolute Gasteiger partial charge is 0.433 e. The highest BCUT2D eigenvalue weighted by Crippen LogP contribution is 2.31. The summed E-state index contributed by atoms with van der Waals surface area (Å²) in [5.74, 6) is 0.348. The van der Waals surface area contributed by atoms with Crippen molar-refractivity contribution < 1.29 is 17.9 Å². The maximum atomic E-state index is 12.8. The number of halogens is 3. The normalized spacial score (nSPS) is 17.3. The standard InChI is InChI=1S/C15H22F3N3O/c1-10(2)22-12-5-7-21(8-6-12)14-11(9-19)3-4-13(20-14)15(16,17)18/h3-4,10,12H,5-9,19H2,1-2H3. The van der Waals surface area contributed by atoms with Crippen LogP contribution >= 0.6 is 0 Å². The monoisotopic (exact) mass is 317 g/mol. The van der Waals surface area contributed by atoms with E-state index in [1.807, 2.05) is 18.7 Å². The van der Waals surface area contributed by atoms with Crippen molar-refractivity contribution in [1.82, 2.24) is 4.98 Å². The fourth-order valence-electron chi connectivity index (χ4n) is 2.66. The van der Waals surface area contributed by atoms with Crippen LogP contribution in [0.4, 0.5) is 19.0 Å². The van der Waals surface area contributed by atoms with Crippen molar-refractivity contribution in [1.29, 1.82) is 0 Å². The van der Waals surface area contributed by atoms with Crippen molar-refractivity contribution >= 4 is 5.82 Å². The van der Waals surface area contributed by atoms with E-state index in [4.69, 9.17) is 10.5 Å². The summed E-state index contributed by atoms with van der Waals surface area (Å²) < 4.78 is 44.3. The predicted octanol–water partition coefficient (Wildman–Crippen LogP) is 2.95. The summed E-state index contributed by atoms with van der Waals surface area (Å²) >= 11 is 0. The van der Waals surface area contributed by atoms with Crippen LogP contribution in [0.5, 0.6) is 0 Å². The third kappa shape index (κ3) is 4.10. The number of pyridine rings is 1. The second kappa shape index (κ2) is 6.83. The minimum Gasteiger partial charge on any atom is -0.375 e. The molecule has 0 saturated carbocycles. The van der Waals surface area contributed by atoms with Gasteiger partial charge in [0.25, 0.3) is 0 Å². The quantitative estimate of drug-likeness (QED) is 0.927. The Kier molecular flexibility index (Phi) is 5.28. The summed E-state index contributed by atoms with van der Waals surface area (Å²) in [5, 5.41) is 0. The van der Waals surface area contributed by atoms with Crippen LogP contribution in [0.1, 0.15) is 37.9 Å². The lowest BCUT2D eigenvalue weighted by Crippen LogP contribution is -2.39. The predicted molar refractivity (Wildman–Crippen MR) is 78.6 cm³/mol. The first kappa shape index (κ1) is 17.0. The van der Waals surface area contributed by atoms with Crippen LogP contribution in [-0.4, -0.2) is 30.3 Å². The topological polar surface area (TPSA) is 51.4 Å². The third-order valence-electron chi connectivity index (χ3n) is 3.67. The summed E-state index contributed by atoms with van der Waals surface area (Å²) in [4.78, 5) is 5.68. The molecule has 0 atom stereocenters. The Balaban J connectivity index is 2.15. The average Bonchev–Trinajstić information content (AvgIpc) is 2.46. The van der Waals surface area contributed by atoms with E-state index in [0.717, 1.165) is 18.9 Å². The lowest BCUT2D eigenvalue weighted by molar-refractivity contribution is -0.141. The van der Waals surface area contributed by atoms with Gasteiger partial charge in [-0.25, -0.2) is 4.98 Å². The number of nitrogens with two attached hydrogens (primary N) is 1. The smallest absolute Gasteiger partial charge is 0.375 e. The van der Waals surface area contributed by atoms with Crippen LogP contribution in [0.2, 0.25) is 0 Å². The molecule has 7 heteroatoms. The molecule has 0 bridgehead atoms. The van der Waals surface area contributed by atoms with Gasteiger partial charge in [0, 0.05) is 25.2 Å². The molecule has 0 amide bonds. The Morgan fingerprint density at radius 2 is 1.95 bits per heavy atom. The number of anilines is 1. The van der Waals surface area contributed by atoms with Crippen LogP contribution in [-0.2, 0) is 17.5 Å². The zero-order valence-electron chi connectivity index (χ0n) is 12.9. The first-order valence-corrected chi connectivity index (χ1v) is 7.49. The van der Waals surface area contributed by atoms with Gasteiger partial charge in [0.2, 0.25) is 0 Å². The zero-order valence-corrected chi connectivity index (χ0v) is 12.9. The molecule has 1 aromatic rings. The molecule has 2 heterocycles. The maximum Gasteiger partial charge on any atom is 0.433 e. The number of rotatable bonds is 4. The fourth-order valence-corrected chi connectivity index (χ4v) is 2.66. The first-order valence-electron chi connectivity index (χ1n) is 7.49. The summed E-state index contributed by atoms with van der Waals surface area (Å²) in [7, 11) is 0. The first-order chi connectivity index (χ1) is 10.3. The summed E-state index contributed by atoms with van der Waals surface area (Å²) in [6.45, 7) is 5.38. The number of nitrogens with zero attached hydrogens (tertiary/aromatic N) is 2. The second-order valence-corrected chi connectivity index (χ2v) is 5.75. The van der Waals surface area contributed by atoms with E-state index in [1.54, 1.807) is 0 Å². The molecular weight excluding hydrogens is 295 g/mol. The van der Waals surface area contributed by atoms with Gasteiger partial charge in [-0.3, -0.25) is 0 Å². The van der Waals surface area contributed by atoms with Crippen molar-refractivity contribution in [2.45, 2.75) is 51.6 Å². The van der Waals surface area contributed by atoms with E-state index in [1.165, 1.54) is 6.07 Å². The second-order valence-electron chi connectivity index (χ2n) is 5.75. The molecule has 2 N–H and O–H groups in total. The van der Waals surface area contributed by atoms with Crippen LogP contribution < -0.4 is 10.6 Å². The van der Waals surface area contributed by atoms with Crippen LogP contribution in [0.15, 0.2) is 12.1 Å². The van der Waals surface area contributed by atoms with Gasteiger partial charge in [0.1, 0.15) is 11.5 Å². The molecule has 0 radical (unpaired) electrons. The number of hydrogen-bond acceptors (Lipinski definition) is 4. The third-order valence-corrected chi connectivity index (χ3v) is 3.67. The number of piperidine rings is 1. The average molecular weight is 317 g/mol. The van der Waals surface area contributed by atoms with Gasteiger partial charge in [-0.05, 0) is 32.8 Å². The molecule has 1 saturated heterocycles. The molecule has 1 fully saturated rings. The van der Waals surface area contributed by atoms with Gasteiger partial charge in [-0.2, -0.15) is 13.2 Å². The minimum absolute atomic E-state index is 0.155. The van der Waals surface area contributed by atoms with E-state index in [0.29, 0.717) is 24.5 Å². The number of aromatic nitrogens is 1. The van der Waals surface area contributed by atoms with Gasteiger partial charge in [-0.15, -0.1) is 0 Å². The summed E-state index contributed by atoms with van der Waals surface area (Å²) in [6, 6.07) is 2.40. The molecule has 0 aliphatic carbocycles. The van der Waals surface area contributed by atoms with Crippen molar-refractivity contribution in [3.8, 4) is 0 Å². The maximum absolute atomic E-state index is 12.8. The van der Waals surface area contributed by atoms with E-state index in [9.17, 15) is 13.2 Å². The van der Waals surface area contributed by atoms with Crippen molar-refractivity contribution in [2.75, 3.05) is 18.0 Å². The molecule has 2 rings (SSSR count). The van der Waals surface area contributed by atoms with Crippen molar-refractivity contribution in [3.63, 3.8) is 0 Å². The minimum atomic E-state index is -4.44. The van der Waals surface area contributed by atoms with Crippen LogP contribution in [0.3, 0.4) is 0 Å². The van der Waals surface area contributed by atoms with E-state index in [2.05, 4.69) is 4.98 Å². The van der Waals surface area contributed by atoms with Crippen molar-refractivity contribution in [2.24, 2.45) is 5.73 Å². The van der Waals surface area contributed by atoms with Gasteiger partial charge in [0.05, 0.1) is 12.2 Å². The van der Waals surface area contributed by atoms with Gasteiger partial charge < -0.3 is 15.4 Å². The Hall–Kier alpha value is -1.34. The number of ether oxygens (including phenoxy) is 1. The Morgan fingerprint density at radius 1 is 1.32 bits per heavy atom. The van der Waals surface area contributed by atoms with Crippen LogP contribution in [0.25, 0.3) is 0 Å². The van der Waals surface area contributed by atoms with E-state index in [-0.39, 0.29) is 18.8 Å². The van der Waals surface area contributed by atoms with Crippen molar-refractivity contribution in [3.05, 3.63) is 23.4 Å². The molecular formula is C15H22F3N3O. The summed E-state index contributed by atoms with van der Waals surface area (Å²) in [5.41, 5.74) is 5.40. The van der Waals surface area contributed by atoms with E-state index < -0.39 is 11.9 Å². The Morgan fingerprint density at radius 3 is 2.45 bits per heavy atom. The van der Waals surface area contributed by atoms with E-state index >= 15 is 0 Å². The fraction of sp³-hybridized carbons (Fsp3) is 0.667. The van der Waals surface area contributed by atoms with Crippen LogP contribution in [0, 0.1) is 0 Å². The molecule has 1 aromatic heterocycles.